The lowest BCUT2D eigenvalue weighted by molar-refractivity contribution is 0.429. The molecule has 6 nitrogen and oxygen atoms in total. The molecule has 2 aliphatic rings. The van der Waals surface area contributed by atoms with Crippen LogP contribution >= 0.6 is 0 Å². The molecule has 1 aromatic carbocycles. The Balaban J connectivity index is 1.70. The summed E-state index contributed by atoms with van der Waals surface area (Å²) in [4.78, 5) is 19.8. The van der Waals surface area contributed by atoms with Gasteiger partial charge in [-0.3, -0.25) is 4.79 Å². The number of rotatable bonds is 3. The van der Waals surface area contributed by atoms with Crippen molar-refractivity contribution in [2.24, 2.45) is 0 Å². The van der Waals surface area contributed by atoms with E-state index >= 15 is 0 Å². The fourth-order valence-corrected chi connectivity index (χ4v) is 4.38. The van der Waals surface area contributed by atoms with Crippen molar-refractivity contribution >= 4 is 10.0 Å². The largest absolute Gasteiger partial charge is 0.310 e. The van der Waals surface area contributed by atoms with Crippen LogP contribution in [-0.2, 0) is 23.1 Å². The van der Waals surface area contributed by atoms with Gasteiger partial charge < -0.3 is 4.98 Å². The minimum Gasteiger partial charge on any atom is -0.310 e. The van der Waals surface area contributed by atoms with Crippen LogP contribution in [0.5, 0.6) is 0 Å². The molecule has 1 N–H and O–H groups in total. The number of hydrogen-bond donors (Lipinski definition) is 1. The van der Waals surface area contributed by atoms with Crippen LogP contribution in [0.2, 0.25) is 0 Å². The molecule has 0 amide bonds. The van der Waals surface area contributed by atoms with Gasteiger partial charge in [0.15, 0.2) is 0 Å². The van der Waals surface area contributed by atoms with Crippen molar-refractivity contribution in [1.29, 1.82) is 0 Å². The van der Waals surface area contributed by atoms with Crippen LogP contribution in [0.15, 0.2) is 34.0 Å². The lowest BCUT2D eigenvalue weighted by Gasteiger charge is -2.15. The van der Waals surface area contributed by atoms with Gasteiger partial charge in [-0.05, 0) is 37.5 Å². The molecule has 7 heteroatoms. The zero-order chi connectivity index (χ0) is 16.2. The van der Waals surface area contributed by atoms with E-state index in [-0.39, 0.29) is 23.5 Å². The van der Waals surface area contributed by atoms with Crippen LogP contribution in [0.1, 0.15) is 41.4 Å². The van der Waals surface area contributed by atoms with Crippen molar-refractivity contribution < 1.29 is 8.42 Å². The lowest BCUT2D eigenvalue weighted by atomic mass is 10.2. The van der Waals surface area contributed by atoms with Gasteiger partial charge in [-0.2, -0.15) is 4.31 Å². The molecule has 0 unspecified atom stereocenters. The van der Waals surface area contributed by atoms with Crippen molar-refractivity contribution in [3.63, 3.8) is 0 Å². The maximum absolute atomic E-state index is 12.8. The third kappa shape index (κ3) is 2.49. The lowest BCUT2D eigenvalue weighted by Crippen LogP contribution is -2.26. The van der Waals surface area contributed by atoms with Gasteiger partial charge in [0.25, 0.3) is 5.56 Å². The molecule has 1 aromatic heterocycles. The Bertz CT molecular complexity index is 945. The summed E-state index contributed by atoms with van der Waals surface area (Å²) in [6.07, 6.45) is 2.07. The van der Waals surface area contributed by atoms with E-state index in [0.717, 1.165) is 18.4 Å². The van der Waals surface area contributed by atoms with Gasteiger partial charge in [-0.15, -0.1) is 0 Å². The average molecular weight is 331 g/mol. The summed E-state index contributed by atoms with van der Waals surface area (Å²) < 4.78 is 26.9. The van der Waals surface area contributed by atoms with Crippen LogP contribution in [-0.4, -0.2) is 22.7 Å². The first kappa shape index (κ1) is 14.6. The van der Waals surface area contributed by atoms with Gasteiger partial charge in [0.05, 0.1) is 22.7 Å². The monoisotopic (exact) mass is 331 g/mol. The van der Waals surface area contributed by atoms with Crippen LogP contribution in [0, 0.1) is 6.92 Å². The van der Waals surface area contributed by atoms with E-state index in [4.69, 9.17) is 0 Å². The summed E-state index contributed by atoms with van der Waals surface area (Å²) in [7, 11) is -3.62. The van der Waals surface area contributed by atoms with E-state index in [2.05, 4.69) is 9.97 Å². The fourth-order valence-electron chi connectivity index (χ4n) is 2.90. The first-order valence-corrected chi connectivity index (χ1v) is 9.08. The topological polar surface area (TPSA) is 83.1 Å². The molecule has 1 aliphatic heterocycles. The third-order valence-electron chi connectivity index (χ3n) is 4.37. The van der Waals surface area contributed by atoms with E-state index in [1.165, 1.54) is 4.31 Å². The second kappa shape index (κ2) is 5.01. The van der Waals surface area contributed by atoms with Gasteiger partial charge >= 0.3 is 0 Å². The standard InChI is InChI=1S/C16H17N3O3S/c1-10-3-2-4-12(7-10)23(21,22)19-8-13-14(9-19)17-15(11-5-6-11)18-16(13)20/h2-4,7,11H,5-6,8-9H2,1H3,(H,17,18,20). The molecule has 0 radical (unpaired) electrons. The number of nitrogens with one attached hydrogen (secondary N) is 1. The van der Waals surface area contributed by atoms with Gasteiger partial charge in [0, 0.05) is 12.5 Å². The Labute approximate surface area is 134 Å². The number of aromatic nitrogens is 2. The highest BCUT2D eigenvalue weighted by Crippen LogP contribution is 2.38. The predicted molar refractivity (Wildman–Crippen MR) is 84.4 cm³/mol. The van der Waals surface area contributed by atoms with Crippen LogP contribution in [0.4, 0.5) is 0 Å². The minimum absolute atomic E-state index is 0.0822. The Kier molecular flexibility index (Phi) is 3.18. The van der Waals surface area contributed by atoms with Crippen molar-refractivity contribution in [2.45, 2.75) is 43.7 Å². The SMILES string of the molecule is Cc1cccc(S(=O)(=O)N2Cc3nc(C4CC4)[nH]c(=O)c3C2)c1. The summed E-state index contributed by atoms with van der Waals surface area (Å²) in [5, 5.41) is 0. The third-order valence-corrected chi connectivity index (χ3v) is 6.16. The maximum Gasteiger partial charge on any atom is 0.255 e. The second-order valence-electron chi connectivity index (χ2n) is 6.24. The number of fused-ring (bicyclic) bond motifs is 1. The maximum atomic E-state index is 12.8. The van der Waals surface area contributed by atoms with Crippen molar-refractivity contribution in [1.82, 2.24) is 14.3 Å². The fraction of sp³-hybridized carbons (Fsp3) is 0.375. The number of benzene rings is 1. The second-order valence-corrected chi connectivity index (χ2v) is 8.18. The molecule has 4 rings (SSSR count). The zero-order valence-electron chi connectivity index (χ0n) is 12.7. The van der Waals surface area contributed by atoms with Crippen LogP contribution in [0.25, 0.3) is 0 Å². The number of sulfonamides is 1. The van der Waals surface area contributed by atoms with Crippen molar-refractivity contribution in [3.05, 3.63) is 57.3 Å². The molecule has 120 valence electrons. The quantitative estimate of drug-likeness (QED) is 0.927. The molecule has 0 atom stereocenters. The predicted octanol–water partition coefficient (Wildman–Crippen LogP) is 1.66. The summed E-state index contributed by atoms with van der Waals surface area (Å²) in [5.41, 5.74) is 1.73. The highest BCUT2D eigenvalue weighted by Gasteiger charge is 2.35. The number of nitrogens with zero attached hydrogens (tertiary/aromatic N) is 2. The highest BCUT2D eigenvalue weighted by atomic mass is 32.2. The zero-order valence-corrected chi connectivity index (χ0v) is 13.6. The molecule has 1 fully saturated rings. The Morgan fingerprint density at radius 1 is 1.26 bits per heavy atom. The summed E-state index contributed by atoms with van der Waals surface area (Å²) in [6, 6.07) is 6.80. The summed E-state index contributed by atoms with van der Waals surface area (Å²) in [6.45, 7) is 2.10. The molecule has 0 bridgehead atoms. The van der Waals surface area contributed by atoms with E-state index in [0.29, 0.717) is 23.0 Å². The number of aryl methyl sites for hydroxylation is 1. The number of H-pyrrole nitrogens is 1. The van der Waals surface area contributed by atoms with Crippen LogP contribution in [0.3, 0.4) is 0 Å². The summed E-state index contributed by atoms with van der Waals surface area (Å²) >= 11 is 0. The van der Waals surface area contributed by atoms with Crippen molar-refractivity contribution in [3.8, 4) is 0 Å². The molecule has 2 heterocycles. The number of aromatic amines is 1. The molecule has 1 saturated carbocycles. The highest BCUT2D eigenvalue weighted by molar-refractivity contribution is 7.89. The van der Waals surface area contributed by atoms with Gasteiger partial charge in [0.1, 0.15) is 5.82 Å². The van der Waals surface area contributed by atoms with E-state index in [9.17, 15) is 13.2 Å². The van der Waals surface area contributed by atoms with E-state index in [1.54, 1.807) is 18.2 Å². The average Bonchev–Trinajstić information content (AvgIpc) is 3.26. The molecular weight excluding hydrogens is 314 g/mol. The normalized spacial score (nSPS) is 18.1. The van der Waals surface area contributed by atoms with Gasteiger partial charge in [-0.1, -0.05) is 12.1 Å². The molecule has 1 aliphatic carbocycles. The van der Waals surface area contributed by atoms with Crippen LogP contribution < -0.4 is 5.56 Å². The Morgan fingerprint density at radius 2 is 2.04 bits per heavy atom. The Morgan fingerprint density at radius 3 is 2.74 bits per heavy atom. The van der Waals surface area contributed by atoms with E-state index < -0.39 is 10.0 Å². The Hall–Kier alpha value is -1.99. The number of hydrogen-bond acceptors (Lipinski definition) is 4. The van der Waals surface area contributed by atoms with Gasteiger partial charge in [0.2, 0.25) is 10.0 Å². The van der Waals surface area contributed by atoms with Crippen molar-refractivity contribution in [2.75, 3.05) is 0 Å². The smallest absolute Gasteiger partial charge is 0.255 e. The molecule has 0 spiro atoms. The van der Waals surface area contributed by atoms with Gasteiger partial charge in [-0.25, -0.2) is 13.4 Å². The molecule has 0 saturated heterocycles. The first-order chi connectivity index (χ1) is 10.9. The summed E-state index contributed by atoms with van der Waals surface area (Å²) in [5.74, 6) is 1.03. The minimum atomic E-state index is -3.62. The molecular formula is C16H17N3O3S. The molecule has 2 aromatic rings. The first-order valence-electron chi connectivity index (χ1n) is 7.64. The molecule has 23 heavy (non-hydrogen) atoms. The van der Waals surface area contributed by atoms with E-state index in [1.807, 2.05) is 13.0 Å².